The number of Topliss-reactive ketones (excluding diaryl/α,β-unsaturated/α-hetero) is 1. The van der Waals surface area contributed by atoms with Gasteiger partial charge in [-0.15, -0.1) is 0 Å². The predicted octanol–water partition coefficient (Wildman–Crippen LogP) is 2.26. The fourth-order valence-corrected chi connectivity index (χ4v) is 1.16. The van der Waals surface area contributed by atoms with Crippen molar-refractivity contribution in [1.29, 1.82) is 0 Å². The maximum Gasteiger partial charge on any atom is 0.272 e. The number of benzene rings is 1. The molecule has 1 aromatic carbocycles. The third-order valence-corrected chi connectivity index (χ3v) is 1.99. The van der Waals surface area contributed by atoms with Gasteiger partial charge in [-0.25, -0.2) is 4.39 Å². The molecule has 0 amide bonds. The van der Waals surface area contributed by atoms with Gasteiger partial charge in [0.05, 0.1) is 11.0 Å². The van der Waals surface area contributed by atoms with E-state index in [0.29, 0.717) is 5.56 Å². The lowest BCUT2D eigenvalue weighted by Crippen LogP contribution is -1.98. The molecule has 1 aromatic rings. The Bertz CT molecular complexity index is 404. The molecule has 0 aliphatic rings. The Kier molecular flexibility index (Phi) is 3.49. The lowest BCUT2D eigenvalue weighted by Gasteiger charge is -2.00. The van der Waals surface area contributed by atoms with E-state index < -0.39 is 10.7 Å². The van der Waals surface area contributed by atoms with Crippen molar-refractivity contribution in [2.45, 2.75) is 19.8 Å². The summed E-state index contributed by atoms with van der Waals surface area (Å²) in [7, 11) is 0. The summed E-state index contributed by atoms with van der Waals surface area (Å²) in [5, 5.41) is 10.3. The van der Waals surface area contributed by atoms with Crippen molar-refractivity contribution in [3.05, 3.63) is 39.7 Å². The first-order valence-electron chi connectivity index (χ1n) is 4.43. The van der Waals surface area contributed by atoms with E-state index in [2.05, 4.69) is 0 Å². The number of rotatable bonds is 4. The molecule has 0 saturated heterocycles. The summed E-state index contributed by atoms with van der Waals surface area (Å²) in [6.45, 7) is 1.42. The van der Waals surface area contributed by atoms with Crippen molar-refractivity contribution in [3.63, 3.8) is 0 Å². The van der Waals surface area contributed by atoms with Gasteiger partial charge in [-0.2, -0.15) is 0 Å². The number of nitro groups is 1. The number of hydrogen-bond acceptors (Lipinski definition) is 3. The highest BCUT2D eigenvalue weighted by atomic mass is 19.1. The highest BCUT2D eigenvalue weighted by molar-refractivity contribution is 5.75. The van der Waals surface area contributed by atoms with E-state index in [1.165, 1.54) is 19.1 Å². The number of non-ortho nitro benzene ring substituents is 1. The number of ketones is 1. The number of aryl methyl sites for hydroxylation is 1. The molecule has 0 bridgehead atoms. The molecular formula is C10H10FNO3. The largest absolute Gasteiger partial charge is 0.300 e. The highest BCUT2D eigenvalue weighted by Gasteiger charge is 2.10. The summed E-state index contributed by atoms with van der Waals surface area (Å²) in [6, 6.07) is 3.45. The second-order valence-electron chi connectivity index (χ2n) is 3.23. The summed E-state index contributed by atoms with van der Waals surface area (Å²) < 4.78 is 13.2. The molecule has 5 heteroatoms. The van der Waals surface area contributed by atoms with E-state index in [1.54, 1.807) is 0 Å². The van der Waals surface area contributed by atoms with Gasteiger partial charge in [-0.3, -0.25) is 10.1 Å². The van der Waals surface area contributed by atoms with Gasteiger partial charge in [0.15, 0.2) is 0 Å². The van der Waals surface area contributed by atoms with Crippen molar-refractivity contribution in [2.24, 2.45) is 0 Å². The van der Waals surface area contributed by atoms with Crippen LogP contribution in [0.25, 0.3) is 0 Å². The summed E-state index contributed by atoms with van der Waals surface area (Å²) in [5.41, 5.74) is 0.0508. The Morgan fingerprint density at radius 3 is 2.67 bits per heavy atom. The molecule has 0 aromatic heterocycles. The Balaban J connectivity index is 2.83. The molecule has 15 heavy (non-hydrogen) atoms. The number of nitrogens with zero attached hydrogens (tertiary/aromatic N) is 1. The molecule has 0 N–H and O–H groups in total. The zero-order valence-corrected chi connectivity index (χ0v) is 8.20. The number of carbonyl (C=O) groups excluding carboxylic acids is 1. The molecule has 0 radical (unpaired) electrons. The normalized spacial score (nSPS) is 10.0. The first-order valence-corrected chi connectivity index (χ1v) is 4.43. The van der Waals surface area contributed by atoms with E-state index in [-0.39, 0.29) is 24.3 Å². The van der Waals surface area contributed by atoms with Crippen LogP contribution in [0.15, 0.2) is 18.2 Å². The van der Waals surface area contributed by atoms with Gasteiger partial charge >= 0.3 is 0 Å². The topological polar surface area (TPSA) is 60.2 Å². The van der Waals surface area contributed by atoms with Crippen LogP contribution in [0.1, 0.15) is 18.9 Å². The molecule has 80 valence electrons. The first kappa shape index (κ1) is 11.3. The Hall–Kier alpha value is -1.78. The average Bonchev–Trinajstić information content (AvgIpc) is 2.15. The highest BCUT2D eigenvalue weighted by Crippen LogP contribution is 2.17. The lowest BCUT2D eigenvalue weighted by molar-refractivity contribution is -0.385. The van der Waals surface area contributed by atoms with E-state index in [4.69, 9.17) is 0 Å². The molecule has 0 aliphatic heterocycles. The number of halogens is 1. The van der Waals surface area contributed by atoms with Gasteiger partial charge < -0.3 is 4.79 Å². The Morgan fingerprint density at radius 2 is 2.20 bits per heavy atom. The van der Waals surface area contributed by atoms with E-state index in [9.17, 15) is 19.3 Å². The minimum atomic E-state index is -0.655. The third-order valence-electron chi connectivity index (χ3n) is 1.99. The molecule has 1 rings (SSSR count). The number of carbonyl (C=O) groups is 1. The monoisotopic (exact) mass is 211 g/mol. The van der Waals surface area contributed by atoms with Crippen LogP contribution in [0.3, 0.4) is 0 Å². The van der Waals surface area contributed by atoms with Gasteiger partial charge in [-0.1, -0.05) is 0 Å². The zero-order valence-electron chi connectivity index (χ0n) is 8.20. The van der Waals surface area contributed by atoms with Crippen LogP contribution in [0.4, 0.5) is 10.1 Å². The fraction of sp³-hybridized carbons (Fsp3) is 0.300. The Morgan fingerprint density at radius 1 is 1.53 bits per heavy atom. The lowest BCUT2D eigenvalue weighted by atomic mass is 10.1. The first-order chi connectivity index (χ1) is 7.00. The molecule has 0 spiro atoms. The predicted molar refractivity (Wildman–Crippen MR) is 52.1 cm³/mol. The molecule has 4 nitrogen and oxygen atoms in total. The van der Waals surface area contributed by atoms with Crippen molar-refractivity contribution in [1.82, 2.24) is 0 Å². The smallest absolute Gasteiger partial charge is 0.272 e. The second kappa shape index (κ2) is 4.63. The SMILES string of the molecule is CC(=O)CCc1ccc([N+](=O)[O-])cc1F. The number of hydrogen-bond donors (Lipinski definition) is 0. The average molecular weight is 211 g/mol. The summed E-state index contributed by atoms with van der Waals surface area (Å²) in [6.07, 6.45) is 0.522. The third kappa shape index (κ3) is 3.12. The minimum Gasteiger partial charge on any atom is -0.300 e. The van der Waals surface area contributed by atoms with Gasteiger partial charge in [-0.05, 0) is 25.0 Å². The summed E-state index contributed by atoms with van der Waals surface area (Å²) >= 11 is 0. The van der Waals surface area contributed by atoms with Crippen LogP contribution >= 0.6 is 0 Å². The van der Waals surface area contributed by atoms with Crippen LogP contribution in [-0.2, 0) is 11.2 Å². The molecule has 0 aliphatic carbocycles. The Labute approximate surface area is 85.9 Å². The zero-order chi connectivity index (χ0) is 11.4. The van der Waals surface area contributed by atoms with Gasteiger partial charge in [0.25, 0.3) is 5.69 Å². The minimum absolute atomic E-state index is 0.0345. The molecule has 0 fully saturated rings. The molecule has 0 unspecified atom stereocenters. The van der Waals surface area contributed by atoms with Gasteiger partial charge in [0.1, 0.15) is 11.6 Å². The summed E-state index contributed by atoms with van der Waals surface area (Å²) in [4.78, 5) is 20.3. The van der Waals surface area contributed by atoms with Gasteiger partial charge in [0.2, 0.25) is 0 Å². The van der Waals surface area contributed by atoms with E-state index >= 15 is 0 Å². The van der Waals surface area contributed by atoms with E-state index in [0.717, 1.165) is 6.07 Å². The molecular weight excluding hydrogens is 201 g/mol. The van der Waals surface area contributed by atoms with Crippen molar-refractivity contribution in [2.75, 3.05) is 0 Å². The fourth-order valence-electron chi connectivity index (χ4n) is 1.16. The number of nitro benzene ring substituents is 1. The van der Waals surface area contributed by atoms with Crippen molar-refractivity contribution >= 4 is 11.5 Å². The molecule has 0 saturated carbocycles. The van der Waals surface area contributed by atoms with Crippen LogP contribution in [-0.4, -0.2) is 10.7 Å². The second-order valence-corrected chi connectivity index (χ2v) is 3.23. The van der Waals surface area contributed by atoms with Crippen LogP contribution in [0.5, 0.6) is 0 Å². The van der Waals surface area contributed by atoms with Crippen LogP contribution in [0.2, 0.25) is 0 Å². The summed E-state index contributed by atoms with van der Waals surface area (Å²) in [5.74, 6) is -0.668. The van der Waals surface area contributed by atoms with Crippen LogP contribution < -0.4 is 0 Å². The van der Waals surface area contributed by atoms with E-state index in [1.807, 2.05) is 0 Å². The van der Waals surface area contributed by atoms with Crippen LogP contribution in [0, 0.1) is 15.9 Å². The van der Waals surface area contributed by atoms with Crippen molar-refractivity contribution in [3.8, 4) is 0 Å². The standard InChI is InChI=1S/C10H10FNO3/c1-7(13)2-3-8-4-5-9(12(14)15)6-10(8)11/h4-6H,2-3H2,1H3. The van der Waals surface area contributed by atoms with Gasteiger partial charge in [0, 0.05) is 12.5 Å². The van der Waals surface area contributed by atoms with Crippen molar-refractivity contribution < 1.29 is 14.1 Å². The maximum atomic E-state index is 13.2. The quantitative estimate of drug-likeness (QED) is 0.566. The molecule has 0 heterocycles. The molecule has 0 atom stereocenters. The maximum absolute atomic E-state index is 13.2.